The molecule has 1 aromatic heterocycles. The molecule has 0 aromatic carbocycles. The predicted octanol–water partition coefficient (Wildman–Crippen LogP) is 2.67. The van der Waals surface area contributed by atoms with Crippen molar-refractivity contribution in [3.05, 3.63) is 23.1 Å². The topological polar surface area (TPSA) is 36.6 Å². The van der Waals surface area contributed by atoms with Crippen LogP contribution in [0, 0.1) is 0 Å². The molecule has 1 aromatic rings. The van der Waals surface area contributed by atoms with Crippen molar-refractivity contribution >= 4 is 11.6 Å². The number of hydrogen-bond donors (Lipinski definition) is 1. The maximum Gasteiger partial charge on any atom is 0.193 e. The van der Waals surface area contributed by atoms with Crippen molar-refractivity contribution in [2.45, 2.75) is 38.3 Å². The van der Waals surface area contributed by atoms with E-state index < -0.39 is 0 Å². The Bertz CT molecular complexity index is 325. The summed E-state index contributed by atoms with van der Waals surface area (Å²) in [6, 6.07) is 4.19. The Morgan fingerprint density at radius 1 is 1.44 bits per heavy atom. The Balaban J connectivity index is 1.95. The van der Waals surface area contributed by atoms with Crippen molar-refractivity contribution < 1.29 is 9.52 Å². The smallest absolute Gasteiger partial charge is 0.193 e. The Labute approximate surface area is 101 Å². The van der Waals surface area contributed by atoms with E-state index in [2.05, 4.69) is 4.90 Å². The van der Waals surface area contributed by atoms with Crippen LogP contribution in [0.3, 0.4) is 0 Å². The zero-order chi connectivity index (χ0) is 11.4. The van der Waals surface area contributed by atoms with Gasteiger partial charge in [-0.15, -0.1) is 0 Å². The molecule has 3 nitrogen and oxygen atoms in total. The van der Waals surface area contributed by atoms with E-state index in [1.54, 1.807) is 6.07 Å². The van der Waals surface area contributed by atoms with Crippen LogP contribution in [0.15, 0.2) is 16.5 Å². The molecular formula is C12H18ClNO2. The Hall–Kier alpha value is -0.510. The molecule has 90 valence electrons. The Morgan fingerprint density at radius 2 is 2.31 bits per heavy atom. The van der Waals surface area contributed by atoms with Crippen molar-refractivity contribution in [3.8, 4) is 0 Å². The lowest BCUT2D eigenvalue weighted by Gasteiger charge is -2.34. The van der Waals surface area contributed by atoms with Crippen molar-refractivity contribution in [2.24, 2.45) is 0 Å². The van der Waals surface area contributed by atoms with Crippen LogP contribution in [-0.2, 0) is 6.54 Å². The SMILES string of the molecule is OCCC1CCCCN1Cc1ccc(Cl)o1. The highest BCUT2D eigenvalue weighted by atomic mass is 35.5. The largest absolute Gasteiger partial charge is 0.448 e. The summed E-state index contributed by atoms with van der Waals surface area (Å²) in [5, 5.41) is 9.49. The van der Waals surface area contributed by atoms with Crippen molar-refractivity contribution in [3.63, 3.8) is 0 Å². The molecular weight excluding hydrogens is 226 g/mol. The summed E-state index contributed by atoms with van der Waals surface area (Å²) in [5.74, 6) is 0.912. The molecule has 0 saturated carbocycles. The van der Waals surface area contributed by atoms with Gasteiger partial charge >= 0.3 is 0 Å². The third-order valence-electron chi connectivity index (χ3n) is 3.20. The van der Waals surface area contributed by atoms with Gasteiger partial charge in [0, 0.05) is 12.6 Å². The summed E-state index contributed by atoms with van der Waals surface area (Å²) >= 11 is 5.75. The van der Waals surface area contributed by atoms with E-state index in [9.17, 15) is 0 Å². The first-order chi connectivity index (χ1) is 7.79. The lowest BCUT2D eigenvalue weighted by molar-refractivity contribution is 0.105. The van der Waals surface area contributed by atoms with E-state index in [0.717, 1.165) is 25.3 Å². The van der Waals surface area contributed by atoms with E-state index in [1.807, 2.05) is 6.07 Å². The fourth-order valence-corrected chi connectivity index (χ4v) is 2.54. The maximum absolute atomic E-state index is 9.04. The molecule has 2 heterocycles. The molecule has 2 rings (SSSR count). The second-order valence-corrected chi connectivity index (χ2v) is 4.71. The number of aliphatic hydroxyl groups excluding tert-OH is 1. The number of nitrogens with zero attached hydrogens (tertiary/aromatic N) is 1. The minimum atomic E-state index is 0.264. The first-order valence-corrected chi connectivity index (χ1v) is 6.26. The summed E-state index contributed by atoms with van der Waals surface area (Å²) in [6.07, 6.45) is 4.53. The Morgan fingerprint density at radius 3 is 3.00 bits per heavy atom. The van der Waals surface area contributed by atoms with Crippen molar-refractivity contribution in [2.75, 3.05) is 13.2 Å². The number of likely N-dealkylation sites (tertiary alicyclic amines) is 1. The molecule has 0 amide bonds. The number of piperidine rings is 1. The zero-order valence-corrected chi connectivity index (χ0v) is 10.1. The molecule has 1 aliphatic rings. The van der Waals surface area contributed by atoms with Crippen LogP contribution < -0.4 is 0 Å². The van der Waals surface area contributed by atoms with Crippen LogP contribution in [0.4, 0.5) is 0 Å². The van der Waals surface area contributed by atoms with Gasteiger partial charge in [0.2, 0.25) is 0 Å². The van der Waals surface area contributed by atoms with Gasteiger partial charge in [-0.3, -0.25) is 4.90 Å². The molecule has 1 aliphatic heterocycles. The molecule has 0 spiro atoms. The van der Waals surface area contributed by atoms with Crippen LogP contribution in [0.1, 0.15) is 31.4 Å². The summed E-state index contributed by atoms with van der Waals surface area (Å²) < 4.78 is 5.37. The number of hydrogen-bond acceptors (Lipinski definition) is 3. The van der Waals surface area contributed by atoms with Crippen LogP contribution in [0.5, 0.6) is 0 Å². The molecule has 0 bridgehead atoms. The zero-order valence-electron chi connectivity index (χ0n) is 9.36. The van der Waals surface area contributed by atoms with Gasteiger partial charge in [-0.1, -0.05) is 6.42 Å². The van der Waals surface area contributed by atoms with Crippen molar-refractivity contribution in [1.82, 2.24) is 4.90 Å². The molecule has 1 fully saturated rings. The van der Waals surface area contributed by atoms with Gasteiger partial charge in [0.1, 0.15) is 5.76 Å². The van der Waals surface area contributed by atoms with Gasteiger partial charge in [-0.25, -0.2) is 0 Å². The fourth-order valence-electron chi connectivity index (χ4n) is 2.38. The summed E-state index contributed by atoms with van der Waals surface area (Å²) in [4.78, 5) is 2.38. The molecule has 0 aliphatic carbocycles. The van der Waals surface area contributed by atoms with Crippen molar-refractivity contribution in [1.29, 1.82) is 0 Å². The van der Waals surface area contributed by atoms with E-state index in [0.29, 0.717) is 11.3 Å². The first-order valence-electron chi connectivity index (χ1n) is 5.88. The average molecular weight is 244 g/mol. The van der Waals surface area contributed by atoms with Crippen LogP contribution in [0.25, 0.3) is 0 Å². The molecule has 1 saturated heterocycles. The van der Waals surface area contributed by atoms with Crippen LogP contribution >= 0.6 is 11.6 Å². The van der Waals surface area contributed by atoms with Gasteiger partial charge in [-0.05, 0) is 49.5 Å². The minimum absolute atomic E-state index is 0.264. The third-order valence-corrected chi connectivity index (χ3v) is 3.40. The highest BCUT2D eigenvalue weighted by Crippen LogP contribution is 2.23. The number of halogens is 1. The molecule has 16 heavy (non-hydrogen) atoms. The van der Waals surface area contributed by atoms with Gasteiger partial charge in [0.15, 0.2) is 5.22 Å². The highest BCUT2D eigenvalue weighted by Gasteiger charge is 2.22. The lowest BCUT2D eigenvalue weighted by atomic mass is 9.99. The van der Waals surface area contributed by atoms with E-state index in [1.165, 1.54) is 19.3 Å². The number of furan rings is 1. The normalized spacial score (nSPS) is 22.5. The summed E-state index contributed by atoms with van der Waals surface area (Å²) in [5.41, 5.74) is 0. The highest BCUT2D eigenvalue weighted by molar-refractivity contribution is 6.28. The second-order valence-electron chi connectivity index (χ2n) is 4.34. The average Bonchev–Trinajstić information content (AvgIpc) is 2.67. The lowest BCUT2D eigenvalue weighted by Crippen LogP contribution is -2.39. The quantitative estimate of drug-likeness (QED) is 0.883. The van der Waals surface area contributed by atoms with E-state index in [4.69, 9.17) is 21.1 Å². The van der Waals surface area contributed by atoms with Gasteiger partial charge in [0.05, 0.1) is 6.54 Å². The van der Waals surface area contributed by atoms with Crippen LogP contribution in [0.2, 0.25) is 5.22 Å². The monoisotopic (exact) mass is 243 g/mol. The summed E-state index contributed by atoms with van der Waals surface area (Å²) in [6.45, 7) is 2.15. The first kappa shape index (κ1) is 12.0. The fraction of sp³-hybridized carbons (Fsp3) is 0.667. The molecule has 1 N–H and O–H groups in total. The van der Waals surface area contributed by atoms with Gasteiger partial charge < -0.3 is 9.52 Å². The van der Waals surface area contributed by atoms with E-state index in [-0.39, 0.29) is 6.61 Å². The van der Waals surface area contributed by atoms with E-state index >= 15 is 0 Å². The standard InChI is InChI=1S/C12H18ClNO2/c13-12-5-4-11(16-12)9-14-7-2-1-3-10(14)6-8-15/h4-5,10,15H,1-3,6-9H2. The van der Waals surface area contributed by atoms with Crippen LogP contribution in [-0.4, -0.2) is 29.2 Å². The number of rotatable bonds is 4. The number of aliphatic hydroxyl groups is 1. The molecule has 0 radical (unpaired) electrons. The molecule has 4 heteroatoms. The van der Waals surface area contributed by atoms with Gasteiger partial charge in [0.25, 0.3) is 0 Å². The minimum Gasteiger partial charge on any atom is -0.448 e. The second kappa shape index (κ2) is 5.71. The Kier molecular flexibility index (Phi) is 4.27. The molecule has 1 unspecified atom stereocenters. The summed E-state index contributed by atoms with van der Waals surface area (Å²) in [7, 11) is 0. The maximum atomic E-state index is 9.04. The molecule has 1 atom stereocenters. The third kappa shape index (κ3) is 3.00. The predicted molar refractivity (Wildman–Crippen MR) is 63.5 cm³/mol. The van der Waals surface area contributed by atoms with Gasteiger partial charge in [-0.2, -0.15) is 0 Å².